The van der Waals surface area contributed by atoms with Crippen molar-refractivity contribution in [1.29, 1.82) is 0 Å². The summed E-state index contributed by atoms with van der Waals surface area (Å²) in [6.07, 6.45) is 0.579. The van der Waals surface area contributed by atoms with Gasteiger partial charge in [-0.1, -0.05) is 11.6 Å². The van der Waals surface area contributed by atoms with Gasteiger partial charge in [-0.25, -0.2) is 0 Å². The zero-order valence-electron chi connectivity index (χ0n) is 11.5. The first-order valence-corrected chi connectivity index (χ1v) is 5.98. The second kappa shape index (κ2) is 5.67. The van der Waals surface area contributed by atoms with Gasteiger partial charge in [0.25, 0.3) is 0 Å². The molecule has 0 heterocycles. The van der Waals surface area contributed by atoms with E-state index in [4.69, 9.17) is 31.5 Å². The van der Waals surface area contributed by atoms with Crippen molar-refractivity contribution < 1.29 is 14.2 Å². The summed E-state index contributed by atoms with van der Waals surface area (Å²) in [5.41, 5.74) is 6.47. The van der Waals surface area contributed by atoms with Crippen molar-refractivity contribution in [3.63, 3.8) is 0 Å². The molecular weight excluding hydrogens is 254 g/mol. The summed E-state index contributed by atoms with van der Waals surface area (Å²) < 4.78 is 15.9. The zero-order chi connectivity index (χ0) is 13.9. The van der Waals surface area contributed by atoms with Gasteiger partial charge >= 0.3 is 0 Å². The van der Waals surface area contributed by atoms with Crippen LogP contribution in [0.2, 0.25) is 5.02 Å². The summed E-state index contributed by atoms with van der Waals surface area (Å²) in [5, 5.41) is 0.558. The van der Waals surface area contributed by atoms with E-state index in [0.717, 1.165) is 5.56 Å². The SMILES string of the molecule is COc1cc(Cl)c(CC(C)(C)N)c(OC)c1OC. The summed E-state index contributed by atoms with van der Waals surface area (Å²) in [6, 6.07) is 1.71. The molecule has 0 aliphatic carbocycles. The summed E-state index contributed by atoms with van der Waals surface area (Å²) in [5.74, 6) is 1.64. The van der Waals surface area contributed by atoms with Gasteiger partial charge in [0.1, 0.15) is 0 Å². The van der Waals surface area contributed by atoms with Crippen LogP contribution in [0, 0.1) is 0 Å². The van der Waals surface area contributed by atoms with E-state index < -0.39 is 5.54 Å². The molecular formula is C13H20ClNO3. The second-order valence-electron chi connectivity index (χ2n) is 4.77. The lowest BCUT2D eigenvalue weighted by Crippen LogP contribution is -2.34. The molecule has 4 nitrogen and oxygen atoms in total. The fourth-order valence-electron chi connectivity index (χ4n) is 1.81. The molecule has 0 aliphatic rings. The third kappa shape index (κ3) is 3.21. The number of halogens is 1. The van der Waals surface area contributed by atoms with Gasteiger partial charge < -0.3 is 19.9 Å². The standard InChI is InChI=1S/C13H20ClNO3/c1-13(2,15)7-8-9(14)6-10(16-3)12(18-5)11(8)17-4/h6H,7,15H2,1-5H3. The van der Waals surface area contributed by atoms with Crippen LogP contribution in [0.3, 0.4) is 0 Å². The van der Waals surface area contributed by atoms with Crippen molar-refractivity contribution in [1.82, 2.24) is 0 Å². The molecule has 0 radical (unpaired) electrons. The van der Waals surface area contributed by atoms with E-state index in [0.29, 0.717) is 28.7 Å². The van der Waals surface area contributed by atoms with Gasteiger partial charge in [0, 0.05) is 17.2 Å². The number of hydrogen-bond donors (Lipinski definition) is 1. The van der Waals surface area contributed by atoms with Gasteiger partial charge in [-0.05, 0) is 20.3 Å². The Hall–Kier alpha value is -1.13. The molecule has 0 bridgehead atoms. The minimum Gasteiger partial charge on any atom is -0.493 e. The van der Waals surface area contributed by atoms with E-state index in [1.807, 2.05) is 13.8 Å². The van der Waals surface area contributed by atoms with E-state index in [-0.39, 0.29) is 0 Å². The third-order valence-corrected chi connectivity index (χ3v) is 2.85. The summed E-state index contributed by atoms with van der Waals surface area (Å²) >= 11 is 6.26. The van der Waals surface area contributed by atoms with Crippen LogP contribution in [0.5, 0.6) is 17.2 Å². The van der Waals surface area contributed by atoms with Gasteiger partial charge in [0.2, 0.25) is 5.75 Å². The number of benzene rings is 1. The predicted molar refractivity (Wildman–Crippen MR) is 73.1 cm³/mol. The van der Waals surface area contributed by atoms with E-state index >= 15 is 0 Å². The highest BCUT2D eigenvalue weighted by atomic mass is 35.5. The highest BCUT2D eigenvalue weighted by Gasteiger charge is 2.23. The largest absolute Gasteiger partial charge is 0.493 e. The molecule has 0 aliphatic heterocycles. The van der Waals surface area contributed by atoms with Crippen LogP contribution in [0.1, 0.15) is 19.4 Å². The van der Waals surface area contributed by atoms with Crippen molar-refractivity contribution in [2.24, 2.45) is 5.73 Å². The van der Waals surface area contributed by atoms with Crippen LogP contribution in [0.4, 0.5) is 0 Å². The summed E-state index contributed by atoms with van der Waals surface area (Å²) in [4.78, 5) is 0. The smallest absolute Gasteiger partial charge is 0.203 e. The van der Waals surface area contributed by atoms with Crippen LogP contribution in [-0.4, -0.2) is 26.9 Å². The molecule has 0 saturated heterocycles. The fourth-order valence-corrected chi connectivity index (χ4v) is 2.06. The van der Waals surface area contributed by atoms with Crippen LogP contribution >= 0.6 is 11.6 Å². The van der Waals surface area contributed by atoms with Gasteiger partial charge in [-0.2, -0.15) is 0 Å². The first kappa shape index (κ1) is 14.9. The lowest BCUT2D eigenvalue weighted by atomic mass is 9.95. The molecule has 2 N–H and O–H groups in total. The molecule has 1 aromatic rings. The van der Waals surface area contributed by atoms with Gasteiger partial charge in [-0.3, -0.25) is 0 Å². The van der Waals surface area contributed by atoms with Gasteiger partial charge in [-0.15, -0.1) is 0 Å². The lowest BCUT2D eigenvalue weighted by molar-refractivity contribution is 0.320. The first-order chi connectivity index (χ1) is 8.34. The van der Waals surface area contributed by atoms with Crippen LogP contribution in [-0.2, 0) is 6.42 Å². The Bertz CT molecular complexity index is 427. The van der Waals surface area contributed by atoms with Crippen LogP contribution in [0.15, 0.2) is 6.07 Å². The molecule has 0 spiro atoms. The number of methoxy groups -OCH3 is 3. The topological polar surface area (TPSA) is 53.7 Å². The quantitative estimate of drug-likeness (QED) is 0.896. The molecule has 0 atom stereocenters. The number of rotatable bonds is 5. The normalized spacial score (nSPS) is 11.3. The van der Waals surface area contributed by atoms with E-state index in [1.165, 1.54) is 0 Å². The third-order valence-electron chi connectivity index (χ3n) is 2.51. The Labute approximate surface area is 113 Å². The van der Waals surface area contributed by atoms with Gasteiger partial charge in [0.05, 0.1) is 26.4 Å². The van der Waals surface area contributed by atoms with Crippen molar-refractivity contribution in [2.45, 2.75) is 25.8 Å². The zero-order valence-corrected chi connectivity index (χ0v) is 12.2. The van der Waals surface area contributed by atoms with Crippen molar-refractivity contribution in [2.75, 3.05) is 21.3 Å². The molecule has 0 unspecified atom stereocenters. The minimum atomic E-state index is -0.392. The molecule has 0 amide bonds. The minimum absolute atomic E-state index is 0.392. The number of ether oxygens (including phenoxy) is 3. The Kier molecular flexibility index (Phi) is 4.71. The maximum atomic E-state index is 6.26. The Morgan fingerprint density at radius 3 is 2.06 bits per heavy atom. The van der Waals surface area contributed by atoms with E-state index in [9.17, 15) is 0 Å². The molecule has 102 valence electrons. The van der Waals surface area contributed by atoms with Crippen molar-refractivity contribution >= 4 is 11.6 Å². The average molecular weight is 274 g/mol. The maximum absolute atomic E-state index is 6.26. The molecule has 1 rings (SSSR count). The second-order valence-corrected chi connectivity index (χ2v) is 5.18. The lowest BCUT2D eigenvalue weighted by Gasteiger charge is -2.23. The fraction of sp³-hybridized carbons (Fsp3) is 0.538. The molecule has 1 aromatic carbocycles. The average Bonchev–Trinajstić information content (AvgIpc) is 2.29. The summed E-state index contributed by atoms with van der Waals surface area (Å²) in [6.45, 7) is 3.86. The highest BCUT2D eigenvalue weighted by Crippen LogP contribution is 2.44. The Morgan fingerprint density at radius 1 is 1.11 bits per heavy atom. The maximum Gasteiger partial charge on any atom is 0.203 e. The van der Waals surface area contributed by atoms with E-state index in [2.05, 4.69) is 0 Å². The molecule has 18 heavy (non-hydrogen) atoms. The molecule has 0 fully saturated rings. The molecule has 0 saturated carbocycles. The molecule has 0 aromatic heterocycles. The number of hydrogen-bond acceptors (Lipinski definition) is 4. The predicted octanol–water partition coefficient (Wildman–Crippen LogP) is 2.65. The first-order valence-electron chi connectivity index (χ1n) is 5.60. The van der Waals surface area contributed by atoms with Crippen molar-refractivity contribution in [3.05, 3.63) is 16.7 Å². The van der Waals surface area contributed by atoms with Crippen LogP contribution in [0.25, 0.3) is 0 Å². The monoisotopic (exact) mass is 273 g/mol. The Morgan fingerprint density at radius 2 is 1.67 bits per heavy atom. The Balaban J connectivity index is 3.41. The van der Waals surface area contributed by atoms with Crippen molar-refractivity contribution in [3.8, 4) is 17.2 Å². The van der Waals surface area contributed by atoms with Gasteiger partial charge in [0.15, 0.2) is 11.5 Å². The number of nitrogens with two attached hydrogens (primary N) is 1. The molecule has 5 heteroatoms. The van der Waals surface area contributed by atoms with Crippen LogP contribution < -0.4 is 19.9 Å². The summed E-state index contributed by atoms with van der Waals surface area (Å²) in [7, 11) is 4.69. The highest BCUT2D eigenvalue weighted by molar-refractivity contribution is 6.31. The van der Waals surface area contributed by atoms with E-state index in [1.54, 1.807) is 27.4 Å².